The van der Waals surface area contributed by atoms with E-state index in [1.54, 1.807) is 6.07 Å². The van der Waals surface area contributed by atoms with E-state index in [0.717, 1.165) is 19.3 Å². The maximum Gasteiger partial charge on any atom is 0.251 e. The molecule has 20 heavy (non-hydrogen) atoms. The quantitative estimate of drug-likeness (QED) is 0.812. The van der Waals surface area contributed by atoms with E-state index in [-0.39, 0.29) is 24.1 Å². The fourth-order valence-corrected chi connectivity index (χ4v) is 1.90. The second-order valence-corrected chi connectivity index (χ2v) is 4.57. The molecular formula is C16H21FN2O. The molecule has 1 aromatic carbocycles. The van der Waals surface area contributed by atoms with Crippen LogP contribution in [-0.4, -0.2) is 18.5 Å². The number of hydrogen-bond acceptors (Lipinski definition) is 2. The van der Waals surface area contributed by atoms with Crippen LogP contribution < -0.4 is 11.1 Å². The fraction of sp³-hybridized carbons (Fsp3) is 0.438. The Kier molecular flexibility index (Phi) is 6.75. The molecule has 0 fully saturated rings. The first-order valence-electron chi connectivity index (χ1n) is 6.91. The van der Waals surface area contributed by atoms with Crippen molar-refractivity contribution in [2.75, 3.05) is 6.54 Å². The highest BCUT2D eigenvalue weighted by Gasteiger charge is 2.13. The molecule has 1 atom stereocenters. The number of carbonyl (C=O) groups is 1. The number of rotatable bonds is 5. The van der Waals surface area contributed by atoms with Crippen LogP contribution in [0.2, 0.25) is 0 Å². The average Bonchev–Trinajstić information content (AvgIpc) is 2.45. The SMILES string of the molecule is CCCC(CC)NC(=O)c1ccc(C#CCN)c(F)c1. The summed E-state index contributed by atoms with van der Waals surface area (Å²) < 4.78 is 13.8. The summed E-state index contributed by atoms with van der Waals surface area (Å²) in [5, 5.41) is 2.91. The summed E-state index contributed by atoms with van der Waals surface area (Å²) in [6, 6.07) is 4.44. The van der Waals surface area contributed by atoms with Gasteiger partial charge >= 0.3 is 0 Å². The number of nitrogens with two attached hydrogens (primary N) is 1. The molecule has 0 aromatic heterocycles. The lowest BCUT2D eigenvalue weighted by Crippen LogP contribution is -2.34. The molecule has 1 unspecified atom stereocenters. The lowest BCUT2D eigenvalue weighted by atomic mass is 10.1. The van der Waals surface area contributed by atoms with Crippen LogP contribution in [0.1, 0.15) is 49.0 Å². The van der Waals surface area contributed by atoms with Crippen LogP contribution in [0.4, 0.5) is 4.39 Å². The van der Waals surface area contributed by atoms with Crippen LogP contribution in [-0.2, 0) is 0 Å². The van der Waals surface area contributed by atoms with Gasteiger partial charge < -0.3 is 11.1 Å². The summed E-state index contributed by atoms with van der Waals surface area (Å²) in [6.07, 6.45) is 2.79. The second-order valence-electron chi connectivity index (χ2n) is 4.57. The summed E-state index contributed by atoms with van der Waals surface area (Å²) in [5.41, 5.74) is 5.82. The van der Waals surface area contributed by atoms with Gasteiger partial charge in [0.25, 0.3) is 5.91 Å². The molecule has 0 saturated carbocycles. The van der Waals surface area contributed by atoms with Crippen molar-refractivity contribution in [3.63, 3.8) is 0 Å². The van der Waals surface area contributed by atoms with Crippen molar-refractivity contribution in [3.8, 4) is 11.8 Å². The zero-order chi connectivity index (χ0) is 15.0. The fourth-order valence-electron chi connectivity index (χ4n) is 1.90. The largest absolute Gasteiger partial charge is 0.349 e. The van der Waals surface area contributed by atoms with Crippen molar-refractivity contribution < 1.29 is 9.18 Å². The summed E-state index contributed by atoms with van der Waals surface area (Å²) >= 11 is 0. The highest BCUT2D eigenvalue weighted by molar-refractivity contribution is 5.94. The van der Waals surface area contributed by atoms with Crippen molar-refractivity contribution in [1.29, 1.82) is 0 Å². The Labute approximate surface area is 119 Å². The van der Waals surface area contributed by atoms with E-state index in [9.17, 15) is 9.18 Å². The van der Waals surface area contributed by atoms with Crippen LogP contribution in [0, 0.1) is 17.7 Å². The van der Waals surface area contributed by atoms with Crippen LogP contribution in [0.3, 0.4) is 0 Å². The lowest BCUT2D eigenvalue weighted by Gasteiger charge is -2.16. The number of halogens is 1. The molecule has 0 aliphatic rings. The van der Waals surface area contributed by atoms with E-state index in [1.807, 2.05) is 6.92 Å². The molecule has 0 saturated heterocycles. The molecular weight excluding hydrogens is 255 g/mol. The van der Waals surface area contributed by atoms with Gasteiger partial charge in [0.15, 0.2) is 0 Å². The van der Waals surface area contributed by atoms with Crippen molar-refractivity contribution in [3.05, 3.63) is 35.1 Å². The Hall–Kier alpha value is -1.86. The van der Waals surface area contributed by atoms with Gasteiger partial charge in [-0.15, -0.1) is 0 Å². The molecule has 1 rings (SSSR count). The first kappa shape index (κ1) is 16.2. The Bertz CT molecular complexity index is 517. The van der Waals surface area contributed by atoms with E-state index >= 15 is 0 Å². The van der Waals surface area contributed by atoms with E-state index < -0.39 is 5.82 Å². The van der Waals surface area contributed by atoms with Gasteiger partial charge in [-0.2, -0.15) is 0 Å². The standard InChI is InChI=1S/C16H21FN2O/c1-3-6-14(4-2)19-16(20)13-9-8-12(7-5-10-18)15(17)11-13/h8-9,11,14H,3-4,6,10,18H2,1-2H3,(H,19,20). The van der Waals surface area contributed by atoms with Gasteiger partial charge in [0.2, 0.25) is 0 Å². The zero-order valence-corrected chi connectivity index (χ0v) is 12.0. The predicted molar refractivity (Wildman–Crippen MR) is 78.8 cm³/mol. The average molecular weight is 276 g/mol. The van der Waals surface area contributed by atoms with Crippen LogP contribution in [0.5, 0.6) is 0 Å². The molecule has 0 heterocycles. The van der Waals surface area contributed by atoms with Crippen molar-refractivity contribution in [1.82, 2.24) is 5.32 Å². The molecule has 3 N–H and O–H groups in total. The van der Waals surface area contributed by atoms with Gasteiger partial charge in [-0.1, -0.05) is 32.1 Å². The van der Waals surface area contributed by atoms with Gasteiger partial charge in [-0.25, -0.2) is 4.39 Å². The monoisotopic (exact) mass is 276 g/mol. The third kappa shape index (κ3) is 4.67. The molecule has 1 aromatic rings. The molecule has 0 spiro atoms. The van der Waals surface area contributed by atoms with Gasteiger partial charge in [0.05, 0.1) is 12.1 Å². The Balaban J connectivity index is 2.81. The smallest absolute Gasteiger partial charge is 0.251 e. The molecule has 4 heteroatoms. The van der Waals surface area contributed by atoms with Crippen LogP contribution in [0.25, 0.3) is 0 Å². The molecule has 0 bridgehead atoms. The van der Waals surface area contributed by atoms with Crippen molar-refractivity contribution in [2.45, 2.75) is 39.2 Å². The second kappa shape index (κ2) is 8.34. The Morgan fingerprint density at radius 2 is 2.20 bits per heavy atom. The van der Waals surface area contributed by atoms with Crippen molar-refractivity contribution >= 4 is 5.91 Å². The highest BCUT2D eigenvalue weighted by atomic mass is 19.1. The van der Waals surface area contributed by atoms with Gasteiger partial charge in [-0.05, 0) is 31.0 Å². The highest BCUT2D eigenvalue weighted by Crippen LogP contribution is 2.11. The molecule has 0 radical (unpaired) electrons. The third-order valence-corrected chi connectivity index (χ3v) is 3.02. The van der Waals surface area contributed by atoms with E-state index in [0.29, 0.717) is 5.56 Å². The molecule has 3 nitrogen and oxygen atoms in total. The first-order chi connectivity index (χ1) is 9.62. The zero-order valence-electron chi connectivity index (χ0n) is 12.0. The predicted octanol–water partition coefficient (Wildman–Crippen LogP) is 2.44. The minimum absolute atomic E-state index is 0.132. The molecule has 0 aliphatic heterocycles. The van der Waals surface area contributed by atoms with Gasteiger partial charge in [0, 0.05) is 11.6 Å². The first-order valence-corrected chi connectivity index (χ1v) is 6.91. The van der Waals surface area contributed by atoms with E-state index in [4.69, 9.17) is 5.73 Å². The number of hydrogen-bond donors (Lipinski definition) is 2. The number of carbonyl (C=O) groups excluding carboxylic acids is 1. The van der Waals surface area contributed by atoms with Crippen LogP contribution >= 0.6 is 0 Å². The number of amides is 1. The summed E-state index contributed by atoms with van der Waals surface area (Å²) in [7, 11) is 0. The topological polar surface area (TPSA) is 55.1 Å². The van der Waals surface area contributed by atoms with Crippen molar-refractivity contribution in [2.24, 2.45) is 5.73 Å². The normalized spacial score (nSPS) is 11.4. The number of nitrogens with one attached hydrogen (secondary N) is 1. The minimum atomic E-state index is -0.498. The molecule has 0 aliphatic carbocycles. The van der Waals surface area contributed by atoms with E-state index in [2.05, 4.69) is 24.1 Å². The maximum atomic E-state index is 13.8. The lowest BCUT2D eigenvalue weighted by molar-refractivity contribution is 0.0933. The molecule has 108 valence electrons. The van der Waals surface area contributed by atoms with Gasteiger partial charge in [-0.3, -0.25) is 4.79 Å². The summed E-state index contributed by atoms with van der Waals surface area (Å²) in [5.74, 6) is 4.47. The Morgan fingerprint density at radius 1 is 1.45 bits per heavy atom. The summed E-state index contributed by atoms with van der Waals surface area (Å²) in [6.45, 7) is 4.27. The molecule has 1 amide bonds. The van der Waals surface area contributed by atoms with E-state index in [1.165, 1.54) is 12.1 Å². The maximum absolute atomic E-state index is 13.8. The third-order valence-electron chi connectivity index (χ3n) is 3.02. The summed E-state index contributed by atoms with van der Waals surface area (Å²) in [4.78, 5) is 12.0. The minimum Gasteiger partial charge on any atom is -0.349 e. The van der Waals surface area contributed by atoms with Crippen LogP contribution in [0.15, 0.2) is 18.2 Å². The van der Waals surface area contributed by atoms with Gasteiger partial charge in [0.1, 0.15) is 5.82 Å². The Morgan fingerprint density at radius 3 is 2.75 bits per heavy atom. The number of benzene rings is 1.